The molecular formula is C23H31NO2. The van der Waals surface area contributed by atoms with E-state index in [4.69, 9.17) is 4.74 Å². The fourth-order valence-corrected chi connectivity index (χ4v) is 2.92. The maximum Gasteiger partial charge on any atom is 0.260 e. The van der Waals surface area contributed by atoms with Crippen LogP contribution in [-0.4, -0.2) is 18.1 Å². The first kappa shape index (κ1) is 20.0. The van der Waals surface area contributed by atoms with Crippen LogP contribution >= 0.6 is 0 Å². The van der Waals surface area contributed by atoms with Crippen LogP contribution in [0.2, 0.25) is 0 Å². The first-order valence-electron chi connectivity index (χ1n) is 9.48. The van der Waals surface area contributed by atoms with E-state index in [0.717, 1.165) is 29.7 Å². The highest BCUT2D eigenvalue weighted by molar-refractivity contribution is 5.81. The summed E-state index contributed by atoms with van der Waals surface area (Å²) in [6, 6.07) is 16.6. The smallest absolute Gasteiger partial charge is 0.260 e. The van der Waals surface area contributed by atoms with Gasteiger partial charge in [-0.3, -0.25) is 4.79 Å². The molecule has 0 aliphatic heterocycles. The van der Waals surface area contributed by atoms with Crippen molar-refractivity contribution in [2.45, 2.75) is 65.5 Å². The van der Waals surface area contributed by atoms with Crippen LogP contribution in [0.25, 0.3) is 0 Å². The lowest BCUT2D eigenvalue weighted by atomic mass is 10.0. The fraction of sp³-hybridized carbons (Fsp3) is 0.435. The Labute approximate surface area is 157 Å². The molecule has 0 radical (unpaired) electrons. The molecule has 3 heteroatoms. The summed E-state index contributed by atoms with van der Waals surface area (Å²) in [6.07, 6.45) is 1.34. The third kappa shape index (κ3) is 5.91. The van der Waals surface area contributed by atoms with Gasteiger partial charge in [0.05, 0.1) is 0 Å². The highest BCUT2D eigenvalue weighted by Gasteiger charge is 2.19. The Balaban J connectivity index is 1.90. The minimum absolute atomic E-state index is 0.0678. The number of carbonyl (C=O) groups excluding carboxylic acids is 1. The molecule has 0 unspecified atom stereocenters. The molecule has 0 aromatic heterocycles. The topological polar surface area (TPSA) is 38.3 Å². The number of hydrogen-bond donors (Lipinski definition) is 1. The predicted octanol–water partition coefficient (Wildman–Crippen LogP) is 5.02. The Hall–Kier alpha value is -2.29. The molecule has 2 aromatic carbocycles. The summed E-state index contributed by atoms with van der Waals surface area (Å²) in [6.45, 7) is 10.2. The van der Waals surface area contributed by atoms with Crippen LogP contribution in [0, 0.1) is 6.92 Å². The van der Waals surface area contributed by atoms with Gasteiger partial charge in [0.2, 0.25) is 0 Å². The van der Waals surface area contributed by atoms with Crippen molar-refractivity contribution in [2.75, 3.05) is 0 Å². The molecular weight excluding hydrogens is 322 g/mol. The third-order valence-corrected chi connectivity index (χ3v) is 4.56. The van der Waals surface area contributed by atoms with E-state index in [1.54, 1.807) is 0 Å². The van der Waals surface area contributed by atoms with Gasteiger partial charge in [-0.15, -0.1) is 0 Å². The Bertz CT molecular complexity index is 709. The molecule has 0 spiro atoms. The molecule has 1 N–H and O–H groups in total. The van der Waals surface area contributed by atoms with E-state index in [2.05, 4.69) is 43.4 Å². The average molecular weight is 354 g/mol. The molecule has 0 saturated carbocycles. The van der Waals surface area contributed by atoms with Crippen molar-refractivity contribution in [3.05, 3.63) is 65.2 Å². The summed E-state index contributed by atoms with van der Waals surface area (Å²) in [5.74, 6) is 1.09. The second-order valence-electron chi connectivity index (χ2n) is 7.39. The molecule has 0 saturated heterocycles. The highest BCUT2D eigenvalue weighted by atomic mass is 16.5. The second-order valence-corrected chi connectivity index (χ2v) is 7.39. The van der Waals surface area contributed by atoms with Gasteiger partial charge in [-0.2, -0.15) is 0 Å². The number of carbonyl (C=O) groups is 1. The van der Waals surface area contributed by atoms with Crippen LogP contribution in [0.3, 0.4) is 0 Å². The zero-order valence-corrected chi connectivity index (χ0v) is 16.6. The number of nitrogens with one attached hydrogen (secondary N) is 1. The summed E-state index contributed by atoms with van der Waals surface area (Å²) in [7, 11) is 0. The van der Waals surface area contributed by atoms with E-state index < -0.39 is 6.10 Å². The number of ether oxygens (including phenoxy) is 1. The van der Waals surface area contributed by atoms with E-state index in [9.17, 15) is 4.79 Å². The van der Waals surface area contributed by atoms with Crippen molar-refractivity contribution >= 4 is 5.91 Å². The standard InChI is InChI=1S/C23H31NO2/c1-16(2)21-14-11-17(3)15-22(21)26-19(5)23(25)24-18(4)12-13-20-9-7-6-8-10-20/h6-11,14-16,18-19H,12-13H2,1-5H3,(H,24,25)/t18-,19+/m1/s1. The van der Waals surface area contributed by atoms with Gasteiger partial charge in [0, 0.05) is 6.04 Å². The van der Waals surface area contributed by atoms with Gasteiger partial charge < -0.3 is 10.1 Å². The minimum Gasteiger partial charge on any atom is -0.481 e. The van der Waals surface area contributed by atoms with E-state index in [1.807, 2.05) is 45.0 Å². The predicted molar refractivity (Wildman–Crippen MR) is 108 cm³/mol. The normalized spacial score (nSPS) is 13.3. The van der Waals surface area contributed by atoms with Crippen molar-refractivity contribution in [1.29, 1.82) is 0 Å². The summed E-state index contributed by atoms with van der Waals surface area (Å²) in [5.41, 5.74) is 3.56. The number of aryl methyl sites for hydroxylation is 2. The Morgan fingerprint density at radius 3 is 2.38 bits per heavy atom. The minimum atomic E-state index is -0.520. The number of hydrogen-bond acceptors (Lipinski definition) is 2. The molecule has 2 aromatic rings. The van der Waals surface area contributed by atoms with Gasteiger partial charge >= 0.3 is 0 Å². The van der Waals surface area contributed by atoms with Crippen molar-refractivity contribution in [3.63, 3.8) is 0 Å². The van der Waals surface area contributed by atoms with E-state index in [1.165, 1.54) is 5.56 Å². The lowest BCUT2D eigenvalue weighted by molar-refractivity contribution is -0.127. The van der Waals surface area contributed by atoms with Gasteiger partial charge in [0.1, 0.15) is 5.75 Å². The first-order chi connectivity index (χ1) is 12.4. The maximum atomic E-state index is 12.5. The largest absolute Gasteiger partial charge is 0.481 e. The maximum absolute atomic E-state index is 12.5. The van der Waals surface area contributed by atoms with Crippen molar-refractivity contribution in [2.24, 2.45) is 0 Å². The van der Waals surface area contributed by atoms with Gasteiger partial charge in [0.25, 0.3) is 5.91 Å². The zero-order chi connectivity index (χ0) is 19.1. The van der Waals surface area contributed by atoms with Crippen molar-refractivity contribution < 1.29 is 9.53 Å². The molecule has 0 fully saturated rings. The summed E-state index contributed by atoms with van der Waals surface area (Å²) in [5, 5.41) is 3.07. The molecule has 3 nitrogen and oxygen atoms in total. The first-order valence-corrected chi connectivity index (χ1v) is 9.48. The van der Waals surface area contributed by atoms with Crippen LogP contribution in [0.1, 0.15) is 56.7 Å². The van der Waals surface area contributed by atoms with E-state index in [-0.39, 0.29) is 11.9 Å². The van der Waals surface area contributed by atoms with Crippen molar-refractivity contribution in [1.82, 2.24) is 5.32 Å². The van der Waals surface area contributed by atoms with Crippen LogP contribution in [-0.2, 0) is 11.2 Å². The number of amides is 1. The molecule has 0 bridgehead atoms. The van der Waals surface area contributed by atoms with Gasteiger partial charge in [-0.25, -0.2) is 0 Å². The van der Waals surface area contributed by atoms with Gasteiger partial charge in [-0.1, -0.05) is 56.3 Å². The number of rotatable bonds is 8. The third-order valence-electron chi connectivity index (χ3n) is 4.56. The van der Waals surface area contributed by atoms with Gasteiger partial charge in [0.15, 0.2) is 6.10 Å². The molecule has 140 valence electrons. The van der Waals surface area contributed by atoms with Gasteiger partial charge in [-0.05, 0) is 62.3 Å². The molecule has 2 atom stereocenters. The lowest BCUT2D eigenvalue weighted by Crippen LogP contribution is -2.41. The Kier molecular flexibility index (Phi) is 7.26. The molecule has 0 aliphatic rings. The second kappa shape index (κ2) is 9.42. The Morgan fingerprint density at radius 2 is 1.73 bits per heavy atom. The SMILES string of the molecule is Cc1ccc(C(C)C)c(O[C@@H](C)C(=O)N[C@H](C)CCc2ccccc2)c1. The van der Waals surface area contributed by atoms with Crippen LogP contribution < -0.4 is 10.1 Å². The molecule has 26 heavy (non-hydrogen) atoms. The molecule has 1 amide bonds. The van der Waals surface area contributed by atoms with E-state index in [0.29, 0.717) is 5.92 Å². The molecule has 2 rings (SSSR count). The molecule has 0 heterocycles. The molecule has 0 aliphatic carbocycles. The van der Waals surface area contributed by atoms with Crippen LogP contribution in [0.15, 0.2) is 48.5 Å². The fourth-order valence-electron chi connectivity index (χ4n) is 2.92. The summed E-state index contributed by atoms with van der Waals surface area (Å²) < 4.78 is 6.00. The van der Waals surface area contributed by atoms with E-state index >= 15 is 0 Å². The van der Waals surface area contributed by atoms with Crippen molar-refractivity contribution in [3.8, 4) is 5.75 Å². The van der Waals surface area contributed by atoms with Crippen LogP contribution in [0.4, 0.5) is 0 Å². The van der Waals surface area contributed by atoms with Crippen LogP contribution in [0.5, 0.6) is 5.75 Å². The number of benzene rings is 2. The zero-order valence-electron chi connectivity index (χ0n) is 16.6. The average Bonchev–Trinajstić information content (AvgIpc) is 2.60. The Morgan fingerprint density at radius 1 is 1.04 bits per heavy atom. The summed E-state index contributed by atoms with van der Waals surface area (Å²) >= 11 is 0. The lowest BCUT2D eigenvalue weighted by Gasteiger charge is -2.21. The quantitative estimate of drug-likeness (QED) is 0.723. The monoisotopic (exact) mass is 353 g/mol. The summed E-state index contributed by atoms with van der Waals surface area (Å²) in [4.78, 5) is 12.5. The highest BCUT2D eigenvalue weighted by Crippen LogP contribution is 2.28.